The minimum absolute atomic E-state index is 0.352. The van der Waals surface area contributed by atoms with Crippen LogP contribution in [0.5, 0.6) is 0 Å². The van der Waals surface area contributed by atoms with Gasteiger partial charge in [0.25, 0.3) is 0 Å². The second-order valence-electron chi connectivity index (χ2n) is 5.06. The Kier molecular flexibility index (Phi) is 10.5. The van der Waals surface area contributed by atoms with Crippen LogP contribution in [-0.2, 0) is 10.0 Å². The number of hydrogen-bond donors (Lipinski definition) is 3. The minimum Gasteiger partial charge on any atom is -0.355 e. The van der Waals surface area contributed by atoms with Gasteiger partial charge in [-0.25, -0.2) is 13.1 Å². The van der Waals surface area contributed by atoms with Crippen molar-refractivity contribution < 1.29 is 8.42 Å². The van der Waals surface area contributed by atoms with E-state index in [2.05, 4.69) is 34.2 Å². The van der Waals surface area contributed by atoms with Gasteiger partial charge >= 0.3 is 0 Å². The van der Waals surface area contributed by atoms with Gasteiger partial charge in [-0.3, -0.25) is 4.99 Å². The SMILES string of the molecule is CCCCCCC(C)NC(=NC)NCCNS(C)(=O)=O. The van der Waals surface area contributed by atoms with E-state index in [0.717, 1.165) is 12.7 Å². The number of rotatable bonds is 10. The van der Waals surface area contributed by atoms with Crippen molar-refractivity contribution in [1.29, 1.82) is 0 Å². The van der Waals surface area contributed by atoms with Crippen molar-refractivity contribution in [1.82, 2.24) is 15.4 Å². The number of hydrogen-bond acceptors (Lipinski definition) is 3. The van der Waals surface area contributed by atoms with Gasteiger partial charge in [0.05, 0.1) is 6.26 Å². The van der Waals surface area contributed by atoms with Crippen LogP contribution in [0.25, 0.3) is 0 Å². The zero-order chi connectivity index (χ0) is 15.4. The summed E-state index contributed by atoms with van der Waals surface area (Å²) in [6, 6.07) is 0.362. The monoisotopic (exact) mass is 306 g/mol. The molecule has 20 heavy (non-hydrogen) atoms. The summed E-state index contributed by atoms with van der Waals surface area (Å²) < 4.78 is 24.2. The van der Waals surface area contributed by atoms with Crippen LogP contribution < -0.4 is 15.4 Å². The summed E-state index contributed by atoms with van der Waals surface area (Å²) in [6.07, 6.45) is 7.29. The van der Waals surface area contributed by atoms with Gasteiger partial charge in [-0.1, -0.05) is 32.6 Å². The molecule has 3 N–H and O–H groups in total. The molecule has 6 nitrogen and oxygen atoms in total. The summed E-state index contributed by atoms with van der Waals surface area (Å²) in [5, 5.41) is 6.39. The Morgan fingerprint density at radius 2 is 1.90 bits per heavy atom. The van der Waals surface area contributed by atoms with Gasteiger partial charge < -0.3 is 10.6 Å². The van der Waals surface area contributed by atoms with E-state index in [4.69, 9.17) is 0 Å². The summed E-state index contributed by atoms with van der Waals surface area (Å²) in [7, 11) is -1.41. The molecule has 120 valence electrons. The predicted octanol–water partition coefficient (Wildman–Crippen LogP) is 1.06. The van der Waals surface area contributed by atoms with Crippen molar-refractivity contribution in [3.63, 3.8) is 0 Å². The van der Waals surface area contributed by atoms with E-state index in [9.17, 15) is 8.42 Å². The van der Waals surface area contributed by atoms with Crippen molar-refractivity contribution in [3.8, 4) is 0 Å². The van der Waals surface area contributed by atoms with E-state index in [-0.39, 0.29) is 0 Å². The molecule has 1 unspecified atom stereocenters. The first-order valence-electron chi connectivity index (χ1n) is 7.31. The average Bonchev–Trinajstić information content (AvgIpc) is 2.37. The first-order chi connectivity index (χ1) is 9.39. The van der Waals surface area contributed by atoms with Crippen molar-refractivity contribution in [3.05, 3.63) is 0 Å². The first kappa shape index (κ1) is 19.2. The third-order valence-electron chi connectivity index (χ3n) is 2.88. The van der Waals surface area contributed by atoms with Gasteiger partial charge in [-0.05, 0) is 13.3 Å². The Morgan fingerprint density at radius 3 is 2.45 bits per heavy atom. The smallest absolute Gasteiger partial charge is 0.208 e. The van der Waals surface area contributed by atoms with E-state index < -0.39 is 10.0 Å². The van der Waals surface area contributed by atoms with Gasteiger partial charge in [-0.15, -0.1) is 0 Å². The van der Waals surface area contributed by atoms with Crippen molar-refractivity contribution in [2.75, 3.05) is 26.4 Å². The van der Waals surface area contributed by atoms with Gasteiger partial charge in [-0.2, -0.15) is 0 Å². The number of sulfonamides is 1. The molecule has 0 aliphatic heterocycles. The normalized spacial score (nSPS) is 14.1. The van der Waals surface area contributed by atoms with Gasteiger partial charge in [0.1, 0.15) is 0 Å². The van der Waals surface area contributed by atoms with Crippen LogP contribution in [-0.4, -0.2) is 46.8 Å². The number of unbranched alkanes of at least 4 members (excludes halogenated alkanes) is 3. The van der Waals surface area contributed by atoms with E-state index in [1.807, 2.05) is 0 Å². The van der Waals surface area contributed by atoms with Crippen LogP contribution in [0.15, 0.2) is 4.99 Å². The maximum atomic E-state index is 10.9. The highest BCUT2D eigenvalue weighted by Crippen LogP contribution is 2.04. The number of nitrogens with zero attached hydrogens (tertiary/aromatic N) is 1. The molecule has 0 heterocycles. The molecule has 7 heteroatoms. The Labute approximate surface area is 123 Å². The summed E-state index contributed by atoms with van der Waals surface area (Å²) in [6.45, 7) is 5.20. The van der Waals surface area contributed by atoms with Gasteiger partial charge in [0.15, 0.2) is 5.96 Å². The molecule has 0 spiro atoms. The average molecular weight is 306 g/mol. The van der Waals surface area contributed by atoms with Crippen LogP contribution in [0.1, 0.15) is 46.0 Å². The van der Waals surface area contributed by atoms with Crippen LogP contribution in [0.4, 0.5) is 0 Å². The van der Waals surface area contributed by atoms with E-state index in [1.54, 1.807) is 7.05 Å². The maximum Gasteiger partial charge on any atom is 0.208 e. The summed E-state index contributed by atoms with van der Waals surface area (Å²) in [5.74, 6) is 0.711. The fourth-order valence-electron chi connectivity index (χ4n) is 1.79. The molecule has 1 atom stereocenters. The predicted molar refractivity (Wildman–Crippen MR) is 85.6 cm³/mol. The molecule has 0 aromatic carbocycles. The molecular formula is C13H30N4O2S. The number of guanidine groups is 1. The zero-order valence-corrected chi connectivity index (χ0v) is 14.0. The maximum absolute atomic E-state index is 10.9. The van der Waals surface area contributed by atoms with E-state index in [1.165, 1.54) is 25.7 Å². The minimum atomic E-state index is -3.12. The zero-order valence-electron chi connectivity index (χ0n) is 13.2. The van der Waals surface area contributed by atoms with Gasteiger partial charge in [0.2, 0.25) is 10.0 Å². The van der Waals surface area contributed by atoms with Crippen molar-refractivity contribution >= 4 is 16.0 Å². The molecule has 0 rings (SSSR count). The highest BCUT2D eigenvalue weighted by molar-refractivity contribution is 7.88. The Balaban J connectivity index is 3.80. The molecule has 0 aliphatic carbocycles. The highest BCUT2D eigenvalue weighted by Gasteiger charge is 2.05. The standard InChI is InChI=1S/C13H30N4O2S/c1-5-6-7-8-9-12(2)17-13(14-3)15-10-11-16-20(4,18)19/h12,16H,5-11H2,1-4H3,(H2,14,15,17). The molecule has 0 aromatic rings. The second kappa shape index (κ2) is 10.9. The molecular weight excluding hydrogens is 276 g/mol. The Morgan fingerprint density at radius 1 is 1.20 bits per heavy atom. The number of aliphatic imine (C=N–C) groups is 1. The molecule has 0 saturated carbocycles. The molecule has 0 fully saturated rings. The third-order valence-corrected chi connectivity index (χ3v) is 3.61. The lowest BCUT2D eigenvalue weighted by atomic mass is 10.1. The third kappa shape index (κ3) is 12.2. The molecule has 0 bridgehead atoms. The quantitative estimate of drug-likeness (QED) is 0.320. The second-order valence-corrected chi connectivity index (χ2v) is 6.89. The van der Waals surface area contributed by atoms with Crippen molar-refractivity contribution in [2.24, 2.45) is 4.99 Å². The molecule has 0 radical (unpaired) electrons. The summed E-state index contributed by atoms with van der Waals surface area (Å²) >= 11 is 0. The summed E-state index contributed by atoms with van der Waals surface area (Å²) in [5.41, 5.74) is 0. The number of nitrogens with one attached hydrogen (secondary N) is 3. The lowest BCUT2D eigenvalue weighted by Gasteiger charge is -2.17. The Hall–Kier alpha value is -0.820. The van der Waals surface area contributed by atoms with Crippen LogP contribution >= 0.6 is 0 Å². The summed E-state index contributed by atoms with van der Waals surface area (Å²) in [4.78, 5) is 4.12. The lowest BCUT2D eigenvalue weighted by molar-refractivity contribution is 0.536. The Bertz CT molecular complexity index is 369. The largest absolute Gasteiger partial charge is 0.355 e. The topological polar surface area (TPSA) is 82.6 Å². The lowest BCUT2D eigenvalue weighted by Crippen LogP contribution is -2.44. The fourth-order valence-corrected chi connectivity index (χ4v) is 2.27. The van der Waals surface area contributed by atoms with Crippen LogP contribution in [0.2, 0.25) is 0 Å². The van der Waals surface area contributed by atoms with Gasteiger partial charge in [0, 0.05) is 26.2 Å². The fraction of sp³-hybridized carbons (Fsp3) is 0.923. The van der Waals surface area contributed by atoms with E-state index >= 15 is 0 Å². The highest BCUT2D eigenvalue weighted by atomic mass is 32.2. The van der Waals surface area contributed by atoms with Crippen LogP contribution in [0.3, 0.4) is 0 Å². The molecule has 0 saturated heterocycles. The molecule has 0 amide bonds. The van der Waals surface area contributed by atoms with E-state index in [0.29, 0.717) is 25.1 Å². The van der Waals surface area contributed by atoms with Crippen LogP contribution in [0, 0.1) is 0 Å². The van der Waals surface area contributed by atoms with Crippen molar-refractivity contribution in [2.45, 2.75) is 52.0 Å². The first-order valence-corrected chi connectivity index (χ1v) is 9.20. The molecule has 0 aliphatic rings. The molecule has 0 aromatic heterocycles.